The van der Waals surface area contributed by atoms with Crippen molar-refractivity contribution in [2.45, 2.75) is 32.2 Å². The summed E-state index contributed by atoms with van der Waals surface area (Å²) in [6.45, 7) is 6.04. The lowest BCUT2D eigenvalue weighted by Crippen LogP contribution is -2.68. The van der Waals surface area contributed by atoms with Gasteiger partial charge in [0.1, 0.15) is 0 Å². The molecule has 0 aliphatic heterocycles. The van der Waals surface area contributed by atoms with Crippen LogP contribution in [-0.4, -0.2) is 20.3 Å². The third kappa shape index (κ3) is 9.69. The summed E-state index contributed by atoms with van der Waals surface area (Å²) < 4.78 is 62.8. The molecule has 1 heterocycles. The van der Waals surface area contributed by atoms with Crippen LogP contribution in [0.15, 0.2) is 45.7 Å². The van der Waals surface area contributed by atoms with Crippen molar-refractivity contribution in [1.29, 1.82) is 0 Å². The van der Waals surface area contributed by atoms with Crippen LogP contribution < -0.4 is 40.0 Å². The Bertz CT molecular complexity index is 1030. The van der Waals surface area contributed by atoms with Gasteiger partial charge in [0.05, 0.1) is 4.90 Å². The number of halogens is 1. The number of anilines is 1. The summed E-state index contributed by atoms with van der Waals surface area (Å²) in [4.78, 5) is 12.2. The smallest absolute Gasteiger partial charge is 0.290 e. The fourth-order valence-electron chi connectivity index (χ4n) is 2.63. The van der Waals surface area contributed by atoms with Crippen LogP contribution in [0.4, 0.5) is 5.69 Å². The number of rotatable bonds is 5. The quantitative estimate of drug-likeness (QED) is 0.216. The third-order valence-corrected chi connectivity index (χ3v) is 5.01. The summed E-state index contributed by atoms with van der Waals surface area (Å²) in [5.74, 6) is -0.756. The minimum Gasteiger partial charge on any atom is -0.369 e. The Morgan fingerprint density at radius 3 is 1.90 bits per heavy atom. The zero-order chi connectivity index (χ0) is 24.0. The first kappa shape index (κ1) is 26.2. The Morgan fingerprint density at radius 1 is 1.03 bits per heavy atom. The minimum atomic E-state index is -4.94. The molecule has 0 saturated heterocycles. The normalized spacial score (nSPS) is 11.2. The topological polar surface area (TPSA) is 224 Å². The van der Waals surface area contributed by atoms with Crippen LogP contribution >= 0.6 is 0 Å². The lowest BCUT2D eigenvalue weighted by molar-refractivity contribution is -2.00. The van der Waals surface area contributed by atoms with Crippen LogP contribution in [0.3, 0.4) is 0 Å². The molecule has 0 bridgehead atoms. The number of benzene rings is 1. The van der Waals surface area contributed by atoms with Crippen LogP contribution in [0.5, 0.6) is 0 Å². The SMILES string of the molecule is Cc1cc(C)[n+](CC(=O)Nc2ccc(S(=O)(=O)N=C(N)N)cc2)c(C)c1.[O-][Cl+3]([O-])([O-])[O-]. The first-order chi connectivity index (χ1) is 14.1. The summed E-state index contributed by atoms with van der Waals surface area (Å²) in [5.41, 5.74) is 13.8. The van der Waals surface area contributed by atoms with Crippen molar-refractivity contribution < 1.29 is 46.7 Å². The average Bonchev–Trinajstić information content (AvgIpc) is 2.56. The number of nitrogens with one attached hydrogen (secondary N) is 1. The van der Waals surface area contributed by atoms with E-state index in [2.05, 4.69) is 9.71 Å². The minimum absolute atomic E-state index is 0.0662. The van der Waals surface area contributed by atoms with E-state index in [-0.39, 0.29) is 17.3 Å². The maximum absolute atomic E-state index is 12.3. The monoisotopic (exact) mass is 475 g/mol. The van der Waals surface area contributed by atoms with E-state index in [0.29, 0.717) is 5.69 Å². The number of guanidine groups is 1. The molecule has 0 aliphatic carbocycles. The Balaban J connectivity index is 0.000000861. The summed E-state index contributed by atoms with van der Waals surface area (Å²) in [7, 11) is -8.89. The van der Waals surface area contributed by atoms with Crippen LogP contribution in [-0.2, 0) is 21.4 Å². The molecule has 170 valence electrons. The van der Waals surface area contributed by atoms with Crippen molar-refractivity contribution in [3.05, 3.63) is 53.3 Å². The molecule has 1 amide bonds. The molecule has 0 radical (unpaired) electrons. The summed E-state index contributed by atoms with van der Waals surface area (Å²) in [6.07, 6.45) is 0. The van der Waals surface area contributed by atoms with Gasteiger partial charge in [0.25, 0.3) is 15.9 Å². The zero-order valence-electron chi connectivity index (χ0n) is 16.9. The van der Waals surface area contributed by atoms with Crippen LogP contribution in [0.2, 0.25) is 0 Å². The predicted molar refractivity (Wildman–Crippen MR) is 98.9 cm³/mol. The number of aromatic nitrogens is 1. The van der Waals surface area contributed by atoms with E-state index in [9.17, 15) is 13.2 Å². The van der Waals surface area contributed by atoms with Crippen molar-refractivity contribution in [1.82, 2.24) is 0 Å². The molecule has 12 nitrogen and oxygen atoms in total. The van der Waals surface area contributed by atoms with Crippen LogP contribution in [0.1, 0.15) is 17.0 Å². The van der Waals surface area contributed by atoms with E-state index < -0.39 is 26.2 Å². The second-order valence-corrected chi connectivity index (χ2v) is 8.70. The number of nitrogens with two attached hydrogens (primary N) is 2. The van der Waals surface area contributed by atoms with Crippen molar-refractivity contribution in [3.8, 4) is 0 Å². The number of nitrogens with zero attached hydrogens (tertiary/aromatic N) is 2. The van der Waals surface area contributed by atoms with Crippen molar-refractivity contribution >= 4 is 27.6 Å². The molecular formula is C17H22ClN5O7S. The van der Waals surface area contributed by atoms with E-state index in [1.54, 1.807) is 0 Å². The number of hydrogen-bond donors (Lipinski definition) is 3. The maximum atomic E-state index is 12.3. The zero-order valence-corrected chi connectivity index (χ0v) is 18.4. The molecule has 2 rings (SSSR count). The second kappa shape index (κ2) is 10.5. The number of sulfonamides is 1. The number of amides is 1. The van der Waals surface area contributed by atoms with Crippen LogP contribution in [0, 0.1) is 31.0 Å². The first-order valence-corrected chi connectivity index (χ1v) is 11.1. The summed E-state index contributed by atoms with van der Waals surface area (Å²) in [6, 6.07) is 9.62. The molecule has 0 unspecified atom stereocenters. The molecule has 2 aromatic rings. The van der Waals surface area contributed by atoms with Gasteiger partial charge in [-0.1, -0.05) is 0 Å². The molecule has 0 aliphatic rings. The van der Waals surface area contributed by atoms with Gasteiger partial charge in [0, 0.05) is 31.7 Å². The molecule has 5 N–H and O–H groups in total. The molecule has 31 heavy (non-hydrogen) atoms. The Labute approximate surface area is 181 Å². The Morgan fingerprint density at radius 2 is 1.48 bits per heavy atom. The standard InChI is InChI=1S/C17H21N5O3S.ClHO4/c1-11-8-12(2)22(13(3)9-11)10-16(23)20-14-4-6-15(7-5-14)26(24,25)21-17(18)19;2-1(3,4)5/h4-9H,10H2,1-3H3,(H4-,18,19,20,21,23);(H,2,3,4,5). The number of carbonyl (C=O) groups excluding carboxylic acids is 1. The van der Waals surface area contributed by atoms with E-state index in [1.165, 1.54) is 24.3 Å². The highest BCUT2D eigenvalue weighted by Gasteiger charge is 2.17. The molecule has 0 spiro atoms. The van der Waals surface area contributed by atoms with Gasteiger partial charge in [-0.2, -0.15) is 13.0 Å². The van der Waals surface area contributed by atoms with E-state index in [4.69, 9.17) is 30.1 Å². The fraction of sp³-hybridized carbons (Fsp3) is 0.235. The largest absolute Gasteiger partial charge is 0.369 e. The number of aryl methyl sites for hydroxylation is 3. The highest BCUT2D eigenvalue weighted by atomic mass is 35.7. The highest BCUT2D eigenvalue weighted by molar-refractivity contribution is 7.90. The van der Waals surface area contributed by atoms with Crippen molar-refractivity contribution in [3.63, 3.8) is 0 Å². The molecule has 0 fully saturated rings. The molecule has 1 aromatic heterocycles. The van der Waals surface area contributed by atoms with Crippen molar-refractivity contribution in [2.24, 2.45) is 15.9 Å². The molecule has 14 heteroatoms. The maximum Gasteiger partial charge on any atom is 0.290 e. The Hall–Kier alpha value is -2.81. The van der Waals surface area contributed by atoms with E-state index in [1.807, 2.05) is 37.5 Å². The van der Waals surface area contributed by atoms with E-state index in [0.717, 1.165) is 17.0 Å². The third-order valence-electron chi connectivity index (χ3n) is 3.69. The fourth-order valence-corrected chi connectivity index (χ4v) is 3.49. The lowest BCUT2D eigenvalue weighted by atomic mass is 10.2. The lowest BCUT2D eigenvalue weighted by Gasteiger charge is -2.17. The van der Waals surface area contributed by atoms with Gasteiger partial charge in [-0.3, -0.25) is 4.79 Å². The number of pyridine rings is 1. The van der Waals surface area contributed by atoms with Gasteiger partial charge in [0.15, 0.2) is 11.4 Å². The van der Waals surface area contributed by atoms with Gasteiger partial charge in [0.2, 0.25) is 12.5 Å². The van der Waals surface area contributed by atoms with Gasteiger partial charge < -0.3 is 16.8 Å². The van der Waals surface area contributed by atoms with Gasteiger partial charge in [-0.15, -0.1) is 14.6 Å². The predicted octanol–water partition coefficient (Wildman–Crippen LogP) is -4.26. The van der Waals surface area contributed by atoms with Crippen molar-refractivity contribution in [2.75, 3.05) is 5.32 Å². The number of hydrogen-bond acceptors (Lipinski definition) is 7. The highest BCUT2D eigenvalue weighted by Crippen LogP contribution is 2.16. The average molecular weight is 476 g/mol. The molecular weight excluding hydrogens is 454 g/mol. The number of carbonyl (C=O) groups is 1. The molecule has 1 aromatic carbocycles. The summed E-state index contributed by atoms with van der Waals surface area (Å²) >= 11 is 0. The Kier molecular flexibility index (Phi) is 8.86. The van der Waals surface area contributed by atoms with Gasteiger partial charge in [-0.05, 0) is 36.8 Å². The molecule has 0 saturated carbocycles. The van der Waals surface area contributed by atoms with Crippen LogP contribution in [0.25, 0.3) is 0 Å². The molecule has 0 atom stereocenters. The summed E-state index contributed by atoms with van der Waals surface area (Å²) in [5, 5.41) is 2.74. The second-order valence-electron chi connectivity index (χ2n) is 6.34. The van der Waals surface area contributed by atoms with E-state index >= 15 is 0 Å². The van der Waals surface area contributed by atoms with Gasteiger partial charge >= 0.3 is 0 Å². The van der Waals surface area contributed by atoms with Gasteiger partial charge in [-0.25, -0.2) is 18.6 Å². The first-order valence-electron chi connectivity index (χ1n) is 8.44.